The molecule has 4 nitrogen and oxygen atoms in total. The molecule has 1 heterocycles. The van der Waals surface area contributed by atoms with Crippen LogP contribution in [0.15, 0.2) is 34.1 Å². The Kier molecular flexibility index (Phi) is 4.57. The predicted octanol–water partition coefficient (Wildman–Crippen LogP) is 4.03. The van der Waals surface area contributed by atoms with Crippen molar-refractivity contribution in [2.75, 3.05) is 10.6 Å². The summed E-state index contributed by atoms with van der Waals surface area (Å²) in [5, 5.41) is 5.56. The zero-order valence-corrected chi connectivity index (χ0v) is 13.4. The third kappa shape index (κ3) is 3.68. The van der Waals surface area contributed by atoms with Gasteiger partial charge in [0.15, 0.2) is 0 Å². The van der Waals surface area contributed by atoms with E-state index in [1.54, 1.807) is 18.2 Å². The number of amides is 2. The molecule has 0 saturated carbocycles. The van der Waals surface area contributed by atoms with Gasteiger partial charge >= 0.3 is 0 Å². The molecule has 2 amide bonds. The Hall–Kier alpha value is -1.66. The monoisotopic (exact) mass is 352 g/mol. The van der Waals surface area contributed by atoms with Crippen molar-refractivity contribution in [2.45, 2.75) is 13.8 Å². The number of carbonyl (C=O) groups is 2. The fourth-order valence-electron chi connectivity index (χ4n) is 1.70. The highest BCUT2D eigenvalue weighted by atomic mass is 79.9. The lowest BCUT2D eigenvalue weighted by Gasteiger charge is -2.09. The zero-order chi connectivity index (χ0) is 14.7. The van der Waals surface area contributed by atoms with Gasteiger partial charge in [-0.1, -0.05) is 0 Å². The lowest BCUT2D eigenvalue weighted by atomic mass is 10.1. The van der Waals surface area contributed by atoms with Gasteiger partial charge in [0.05, 0.1) is 8.66 Å². The van der Waals surface area contributed by atoms with E-state index in [0.29, 0.717) is 10.6 Å². The Bertz CT molecular complexity index is 667. The number of halogens is 1. The van der Waals surface area contributed by atoms with Crippen molar-refractivity contribution < 1.29 is 9.59 Å². The molecule has 0 aliphatic heterocycles. The fourth-order valence-corrected chi connectivity index (χ4v) is 2.98. The first-order valence-electron chi connectivity index (χ1n) is 5.90. The van der Waals surface area contributed by atoms with E-state index < -0.39 is 0 Å². The molecule has 2 rings (SSSR count). The maximum atomic E-state index is 12.0. The van der Waals surface area contributed by atoms with E-state index in [2.05, 4.69) is 26.6 Å². The molecule has 20 heavy (non-hydrogen) atoms. The van der Waals surface area contributed by atoms with Gasteiger partial charge in [-0.3, -0.25) is 9.59 Å². The van der Waals surface area contributed by atoms with Crippen molar-refractivity contribution in [3.8, 4) is 0 Å². The average molecular weight is 353 g/mol. The molecule has 104 valence electrons. The molecule has 0 radical (unpaired) electrons. The van der Waals surface area contributed by atoms with Crippen molar-refractivity contribution in [3.63, 3.8) is 0 Å². The van der Waals surface area contributed by atoms with Crippen molar-refractivity contribution in [1.29, 1.82) is 0 Å². The van der Waals surface area contributed by atoms with E-state index in [9.17, 15) is 9.59 Å². The fraction of sp³-hybridized carbons (Fsp3) is 0.143. The van der Waals surface area contributed by atoms with E-state index in [4.69, 9.17) is 0 Å². The minimum Gasteiger partial charge on any atom is -0.326 e. The van der Waals surface area contributed by atoms with Crippen LogP contribution in [-0.2, 0) is 4.79 Å². The first-order chi connectivity index (χ1) is 9.45. The summed E-state index contributed by atoms with van der Waals surface area (Å²) in [7, 11) is 0. The van der Waals surface area contributed by atoms with Crippen LogP contribution < -0.4 is 10.6 Å². The summed E-state index contributed by atoms with van der Waals surface area (Å²) in [6, 6.07) is 8.97. The van der Waals surface area contributed by atoms with Crippen LogP contribution in [-0.4, -0.2) is 11.8 Å². The topological polar surface area (TPSA) is 58.2 Å². The molecule has 0 bridgehead atoms. The van der Waals surface area contributed by atoms with Crippen LogP contribution >= 0.6 is 27.3 Å². The highest BCUT2D eigenvalue weighted by Gasteiger charge is 2.09. The van der Waals surface area contributed by atoms with E-state index >= 15 is 0 Å². The van der Waals surface area contributed by atoms with Crippen LogP contribution in [0.25, 0.3) is 0 Å². The van der Waals surface area contributed by atoms with E-state index in [1.807, 2.05) is 19.1 Å². The quantitative estimate of drug-likeness (QED) is 0.875. The van der Waals surface area contributed by atoms with E-state index in [0.717, 1.165) is 15.0 Å². The van der Waals surface area contributed by atoms with Crippen molar-refractivity contribution in [1.82, 2.24) is 0 Å². The number of carbonyl (C=O) groups excluding carboxylic acids is 2. The number of nitrogens with one attached hydrogen (secondary N) is 2. The summed E-state index contributed by atoms with van der Waals surface area (Å²) in [5.41, 5.74) is 2.34. The largest absolute Gasteiger partial charge is 0.326 e. The maximum absolute atomic E-state index is 12.0. The maximum Gasteiger partial charge on any atom is 0.265 e. The molecule has 0 aliphatic carbocycles. The normalized spacial score (nSPS) is 10.2. The molecule has 0 atom stereocenters. The van der Waals surface area contributed by atoms with E-state index in [1.165, 1.54) is 18.3 Å². The van der Waals surface area contributed by atoms with Gasteiger partial charge in [0.1, 0.15) is 0 Å². The van der Waals surface area contributed by atoms with Gasteiger partial charge in [-0.15, -0.1) is 11.3 Å². The van der Waals surface area contributed by atoms with Crippen LogP contribution in [0, 0.1) is 6.92 Å². The first-order valence-corrected chi connectivity index (χ1v) is 7.51. The molecular formula is C14H13BrN2O2S. The standard InChI is InChI=1S/C14H13BrN2O2S/c1-8-7-10(3-4-11(8)16-9(2)18)17-14(19)12-5-6-13(15)20-12/h3-7H,1-2H3,(H,16,18)(H,17,19). The number of hydrogen-bond acceptors (Lipinski definition) is 3. The third-order valence-corrected chi connectivity index (χ3v) is 4.21. The second-order valence-corrected chi connectivity index (χ2v) is 6.73. The highest BCUT2D eigenvalue weighted by Crippen LogP contribution is 2.24. The smallest absolute Gasteiger partial charge is 0.265 e. The highest BCUT2D eigenvalue weighted by molar-refractivity contribution is 9.11. The Labute approximate surface area is 129 Å². The van der Waals surface area contributed by atoms with Gasteiger partial charge in [0.25, 0.3) is 5.91 Å². The van der Waals surface area contributed by atoms with Crippen LogP contribution in [0.3, 0.4) is 0 Å². The molecular weight excluding hydrogens is 340 g/mol. The molecule has 6 heteroatoms. The molecule has 0 saturated heterocycles. The number of benzene rings is 1. The Morgan fingerprint density at radius 3 is 2.45 bits per heavy atom. The molecule has 0 unspecified atom stereocenters. The predicted molar refractivity (Wildman–Crippen MR) is 85.5 cm³/mol. The van der Waals surface area contributed by atoms with E-state index in [-0.39, 0.29) is 11.8 Å². The van der Waals surface area contributed by atoms with Crippen LogP contribution in [0.5, 0.6) is 0 Å². The summed E-state index contributed by atoms with van der Waals surface area (Å²) in [5.74, 6) is -0.263. The Morgan fingerprint density at radius 1 is 1.15 bits per heavy atom. The molecule has 0 fully saturated rings. The molecule has 0 aliphatic rings. The van der Waals surface area contributed by atoms with Crippen molar-refractivity contribution in [3.05, 3.63) is 44.6 Å². The van der Waals surface area contributed by atoms with Crippen LogP contribution in [0.2, 0.25) is 0 Å². The molecule has 1 aromatic heterocycles. The van der Waals surface area contributed by atoms with Gasteiger partial charge in [-0.25, -0.2) is 0 Å². The summed E-state index contributed by atoms with van der Waals surface area (Å²) < 4.78 is 0.917. The second-order valence-electron chi connectivity index (χ2n) is 4.27. The SMILES string of the molecule is CC(=O)Nc1ccc(NC(=O)c2ccc(Br)s2)cc1C. The van der Waals surface area contributed by atoms with Gasteiger partial charge in [-0.2, -0.15) is 0 Å². The molecule has 1 aromatic carbocycles. The number of anilines is 2. The average Bonchev–Trinajstić information content (AvgIpc) is 2.79. The van der Waals surface area contributed by atoms with Crippen molar-refractivity contribution in [2.24, 2.45) is 0 Å². The Morgan fingerprint density at radius 2 is 1.90 bits per heavy atom. The number of aryl methyl sites for hydroxylation is 1. The summed E-state index contributed by atoms with van der Waals surface area (Å²) >= 11 is 4.71. The number of rotatable bonds is 3. The lowest BCUT2D eigenvalue weighted by molar-refractivity contribution is -0.114. The first kappa shape index (κ1) is 14.7. The Balaban J connectivity index is 2.12. The summed E-state index contributed by atoms with van der Waals surface area (Å²) in [6.07, 6.45) is 0. The molecule has 2 aromatic rings. The van der Waals surface area contributed by atoms with Gasteiger partial charge in [0, 0.05) is 18.3 Å². The molecule has 0 spiro atoms. The van der Waals surface area contributed by atoms with Crippen LogP contribution in [0.1, 0.15) is 22.2 Å². The minimum atomic E-state index is -0.146. The van der Waals surface area contributed by atoms with Crippen LogP contribution in [0.4, 0.5) is 11.4 Å². The second kappa shape index (κ2) is 6.19. The van der Waals surface area contributed by atoms with Gasteiger partial charge < -0.3 is 10.6 Å². The molecule has 2 N–H and O–H groups in total. The minimum absolute atomic E-state index is 0.117. The third-order valence-electron chi connectivity index (χ3n) is 2.59. The van der Waals surface area contributed by atoms with Crippen molar-refractivity contribution >= 4 is 50.5 Å². The number of thiophene rings is 1. The lowest BCUT2D eigenvalue weighted by Crippen LogP contribution is -2.11. The van der Waals surface area contributed by atoms with Gasteiger partial charge in [0.2, 0.25) is 5.91 Å². The summed E-state index contributed by atoms with van der Waals surface area (Å²) in [6.45, 7) is 3.34. The number of hydrogen-bond donors (Lipinski definition) is 2. The summed E-state index contributed by atoms with van der Waals surface area (Å²) in [4.78, 5) is 23.7. The van der Waals surface area contributed by atoms with Gasteiger partial charge in [-0.05, 0) is 58.7 Å². The zero-order valence-electron chi connectivity index (χ0n) is 11.0.